The number of thiophene rings is 2. The lowest BCUT2D eigenvalue weighted by Gasteiger charge is -2.02. The second-order valence-corrected chi connectivity index (χ2v) is 9.21. The predicted molar refractivity (Wildman–Crippen MR) is 72.5 cm³/mol. The molecule has 2 N–H and O–H groups in total. The normalized spacial score (nSPS) is 12.7. The third-order valence-corrected chi connectivity index (χ3v) is 7.27. The van der Waals surface area contributed by atoms with Crippen molar-refractivity contribution >= 4 is 42.8 Å². The van der Waals surface area contributed by atoms with Crippen molar-refractivity contribution in [2.24, 2.45) is 0 Å². The first-order valence-electron chi connectivity index (χ1n) is 4.88. The van der Waals surface area contributed by atoms with E-state index in [1.165, 1.54) is 11.3 Å². The van der Waals surface area contributed by atoms with Gasteiger partial charge in [-0.3, -0.25) is 4.55 Å². The lowest BCUT2D eigenvalue weighted by molar-refractivity contribution is 0.485. The van der Waals surface area contributed by atoms with Gasteiger partial charge in [0.1, 0.15) is 8.42 Å². The molecule has 0 atom stereocenters. The standard InChI is InChI=1S/C9H9NO5S4/c11-18(12,10-6-7-2-1-5-16-7)8-3-4-9(17-8)19(13,14)15/h1-5,10H,6H2,(H,13,14,15). The van der Waals surface area contributed by atoms with E-state index in [1.807, 2.05) is 5.38 Å². The van der Waals surface area contributed by atoms with Crippen LogP contribution in [0.4, 0.5) is 0 Å². The summed E-state index contributed by atoms with van der Waals surface area (Å²) in [4.78, 5) is 0.843. The van der Waals surface area contributed by atoms with Crippen LogP contribution in [-0.4, -0.2) is 21.4 Å². The number of sulfonamides is 1. The number of nitrogens with one attached hydrogen (secondary N) is 1. The van der Waals surface area contributed by atoms with Crippen LogP contribution in [0, 0.1) is 0 Å². The lowest BCUT2D eigenvalue weighted by Crippen LogP contribution is -2.21. The van der Waals surface area contributed by atoms with Gasteiger partial charge in [0.15, 0.2) is 0 Å². The fraction of sp³-hybridized carbons (Fsp3) is 0.111. The Labute approximate surface area is 118 Å². The van der Waals surface area contributed by atoms with E-state index in [0.717, 1.165) is 17.0 Å². The third kappa shape index (κ3) is 3.61. The minimum atomic E-state index is -4.37. The van der Waals surface area contributed by atoms with E-state index in [2.05, 4.69) is 4.72 Å². The summed E-state index contributed by atoms with van der Waals surface area (Å²) in [6.45, 7) is 0.138. The molecule has 2 heterocycles. The highest BCUT2D eigenvalue weighted by Gasteiger charge is 2.20. The van der Waals surface area contributed by atoms with Crippen LogP contribution >= 0.6 is 22.7 Å². The average Bonchev–Trinajstić information content (AvgIpc) is 2.97. The molecule has 0 radical (unpaired) electrons. The molecule has 2 aromatic rings. The largest absolute Gasteiger partial charge is 0.304 e. The SMILES string of the molecule is O=S(=O)(O)c1ccc(S(=O)(=O)NCc2cccs2)s1. The topological polar surface area (TPSA) is 101 Å². The van der Waals surface area contributed by atoms with Crippen LogP contribution in [0.3, 0.4) is 0 Å². The zero-order chi connectivity index (χ0) is 14.1. The smallest absolute Gasteiger partial charge is 0.281 e. The highest BCUT2D eigenvalue weighted by molar-refractivity contribution is 7.93. The molecule has 0 unspecified atom stereocenters. The Morgan fingerprint density at radius 2 is 1.79 bits per heavy atom. The summed E-state index contributed by atoms with van der Waals surface area (Å²) in [6, 6.07) is 5.78. The van der Waals surface area contributed by atoms with Gasteiger partial charge in [0.25, 0.3) is 0 Å². The zero-order valence-electron chi connectivity index (χ0n) is 9.31. The first kappa shape index (κ1) is 14.6. The van der Waals surface area contributed by atoms with Crippen LogP contribution in [0.2, 0.25) is 0 Å². The van der Waals surface area contributed by atoms with E-state index in [1.54, 1.807) is 12.1 Å². The van der Waals surface area contributed by atoms with E-state index in [4.69, 9.17) is 4.55 Å². The van der Waals surface area contributed by atoms with Crippen LogP contribution < -0.4 is 4.72 Å². The molecule has 0 bridgehead atoms. The fourth-order valence-electron chi connectivity index (χ4n) is 1.24. The van der Waals surface area contributed by atoms with Crippen molar-refractivity contribution in [3.05, 3.63) is 34.5 Å². The molecule has 104 valence electrons. The first-order chi connectivity index (χ1) is 8.79. The van der Waals surface area contributed by atoms with Gasteiger partial charge in [-0.15, -0.1) is 22.7 Å². The Morgan fingerprint density at radius 1 is 1.11 bits per heavy atom. The van der Waals surface area contributed by atoms with E-state index in [9.17, 15) is 16.8 Å². The minimum Gasteiger partial charge on any atom is -0.281 e. The van der Waals surface area contributed by atoms with E-state index in [-0.39, 0.29) is 10.8 Å². The van der Waals surface area contributed by atoms with Crippen LogP contribution in [-0.2, 0) is 26.7 Å². The van der Waals surface area contributed by atoms with Crippen molar-refractivity contribution in [1.82, 2.24) is 4.72 Å². The second kappa shape index (κ2) is 5.31. The summed E-state index contributed by atoms with van der Waals surface area (Å²) in [5, 5.41) is 1.82. The molecule has 10 heteroatoms. The van der Waals surface area contributed by atoms with Crippen molar-refractivity contribution in [2.45, 2.75) is 15.0 Å². The summed E-state index contributed by atoms with van der Waals surface area (Å²) in [6.07, 6.45) is 0. The third-order valence-electron chi connectivity index (χ3n) is 2.09. The second-order valence-electron chi connectivity index (χ2n) is 3.45. The Hall–Kier alpha value is -0.780. The van der Waals surface area contributed by atoms with Crippen LogP contribution in [0.1, 0.15) is 4.88 Å². The monoisotopic (exact) mass is 339 g/mol. The maximum atomic E-state index is 11.9. The van der Waals surface area contributed by atoms with Crippen LogP contribution in [0.15, 0.2) is 38.1 Å². The Bertz CT molecular complexity index is 757. The number of hydrogen-bond acceptors (Lipinski definition) is 6. The summed E-state index contributed by atoms with van der Waals surface area (Å²) < 4.78 is 56.2. The van der Waals surface area contributed by atoms with Gasteiger partial charge in [-0.2, -0.15) is 8.42 Å². The quantitative estimate of drug-likeness (QED) is 0.805. The molecule has 0 aromatic carbocycles. The van der Waals surface area contributed by atoms with Gasteiger partial charge in [0.2, 0.25) is 10.0 Å². The Kier molecular flexibility index (Phi) is 4.08. The van der Waals surface area contributed by atoms with E-state index < -0.39 is 24.4 Å². The molecule has 0 saturated carbocycles. The Balaban J connectivity index is 2.18. The van der Waals surface area contributed by atoms with Gasteiger partial charge in [0.05, 0.1) is 0 Å². The minimum absolute atomic E-state index is 0.138. The highest BCUT2D eigenvalue weighted by atomic mass is 32.3. The molecular formula is C9H9NO5S4. The highest BCUT2D eigenvalue weighted by Crippen LogP contribution is 2.25. The number of hydrogen-bond donors (Lipinski definition) is 2. The maximum absolute atomic E-state index is 11.9. The van der Waals surface area contributed by atoms with Crippen LogP contribution in [0.5, 0.6) is 0 Å². The maximum Gasteiger partial charge on any atom is 0.304 e. The van der Waals surface area contributed by atoms with Gasteiger partial charge < -0.3 is 0 Å². The Morgan fingerprint density at radius 3 is 2.32 bits per heavy atom. The molecular weight excluding hydrogens is 330 g/mol. The first-order valence-corrected chi connectivity index (χ1v) is 9.50. The van der Waals surface area contributed by atoms with Crippen molar-refractivity contribution in [1.29, 1.82) is 0 Å². The average molecular weight is 339 g/mol. The molecule has 0 aliphatic carbocycles. The molecule has 0 aliphatic rings. The summed E-state index contributed by atoms with van der Waals surface area (Å²) >= 11 is 1.91. The fourth-order valence-corrected chi connectivity index (χ4v) is 5.15. The van der Waals surface area contributed by atoms with Crippen LogP contribution in [0.25, 0.3) is 0 Å². The predicted octanol–water partition coefficient (Wildman–Crippen LogP) is 1.53. The molecule has 2 rings (SSSR count). The van der Waals surface area contributed by atoms with Crippen molar-refractivity contribution in [2.75, 3.05) is 0 Å². The summed E-state index contributed by atoms with van der Waals surface area (Å²) in [5.41, 5.74) is 0. The molecule has 0 saturated heterocycles. The van der Waals surface area contributed by atoms with Gasteiger partial charge >= 0.3 is 10.1 Å². The molecule has 19 heavy (non-hydrogen) atoms. The number of rotatable bonds is 5. The molecule has 0 spiro atoms. The molecule has 0 aliphatic heterocycles. The van der Waals surface area contributed by atoms with E-state index in [0.29, 0.717) is 11.3 Å². The molecule has 0 fully saturated rings. The zero-order valence-corrected chi connectivity index (χ0v) is 12.6. The van der Waals surface area contributed by atoms with Crippen molar-refractivity contribution < 1.29 is 21.4 Å². The molecule has 6 nitrogen and oxygen atoms in total. The van der Waals surface area contributed by atoms with Crippen molar-refractivity contribution in [3.63, 3.8) is 0 Å². The van der Waals surface area contributed by atoms with E-state index >= 15 is 0 Å². The summed E-state index contributed by atoms with van der Waals surface area (Å²) in [5.74, 6) is 0. The van der Waals surface area contributed by atoms with Gasteiger partial charge in [0, 0.05) is 11.4 Å². The molecule has 2 aromatic heterocycles. The van der Waals surface area contributed by atoms with Gasteiger partial charge in [-0.1, -0.05) is 6.07 Å². The lowest BCUT2D eigenvalue weighted by atomic mass is 10.5. The van der Waals surface area contributed by atoms with Crippen molar-refractivity contribution in [3.8, 4) is 0 Å². The van der Waals surface area contributed by atoms with Gasteiger partial charge in [-0.05, 0) is 23.6 Å². The summed E-state index contributed by atoms with van der Waals surface area (Å²) in [7, 11) is -8.15. The molecule has 0 amide bonds. The van der Waals surface area contributed by atoms with Gasteiger partial charge in [-0.25, -0.2) is 13.1 Å².